The van der Waals surface area contributed by atoms with Crippen molar-refractivity contribution in [1.29, 1.82) is 0 Å². The Morgan fingerprint density at radius 2 is 2.24 bits per heavy atom. The Morgan fingerprint density at radius 1 is 1.32 bits per heavy atom. The Bertz CT molecular complexity index is 1160. The molecule has 0 amide bonds. The first-order valence-corrected chi connectivity index (χ1v) is 12.2. The fourth-order valence-electron chi connectivity index (χ4n) is 4.19. The summed E-state index contributed by atoms with van der Waals surface area (Å²) in [4.78, 5) is 9.61. The summed E-state index contributed by atoms with van der Waals surface area (Å²) in [6.07, 6.45) is 1.79. The number of halogens is 1. The molecule has 11 heteroatoms. The van der Waals surface area contributed by atoms with Crippen LogP contribution < -0.4 is 14.8 Å². The van der Waals surface area contributed by atoms with Crippen molar-refractivity contribution in [3.05, 3.63) is 41.5 Å². The number of thioether (sulfide) groups is 1. The largest absolute Gasteiger partial charge is 0.480 e. The van der Waals surface area contributed by atoms with Gasteiger partial charge in [0, 0.05) is 30.3 Å². The third-order valence-corrected chi connectivity index (χ3v) is 7.01. The topological polar surface area (TPSA) is 112 Å². The lowest BCUT2D eigenvalue weighted by Gasteiger charge is -2.32. The second kappa shape index (κ2) is 10.3. The average Bonchev–Trinajstić information content (AvgIpc) is 2.89. The van der Waals surface area contributed by atoms with Gasteiger partial charge < -0.3 is 24.6 Å². The molecule has 2 N–H and O–H groups in total. The first-order chi connectivity index (χ1) is 16.6. The van der Waals surface area contributed by atoms with E-state index in [1.165, 1.54) is 19.4 Å². The van der Waals surface area contributed by atoms with Crippen molar-refractivity contribution in [1.82, 2.24) is 25.5 Å². The SMILES string of the molecule is COc1cnc2ccc(F)c(CC(O)[C@@H]3CC[C@@H](NCc4cc5c(nn4)OCCS5)CO3)c2n1. The Balaban J connectivity index is 1.16. The van der Waals surface area contributed by atoms with Crippen molar-refractivity contribution in [2.24, 2.45) is 0 Å². The zero-order valence-electron chi connectivity index (χ0n) is 18.7. The third kappa shape index (κ3) is 5.07. The molecule has 0 aliphatic carbocycles. The maximum absolute atomic E-state index is 14.6. The van der Waals surface area contributed by atoms with E-state index in [9.17, 15) is 9.50 Å². The van der Waals surface area contributed by atoms with Crippen molar-refractivity contribution >= 4 is 22.8 Å². The summed E-state index contributed by atoms with van der Waals surface area (Å²) in [7, 11) is 1.48. The van der Waals surface area contributed by atoms with E-state index in [4.69, 9.17) is 14.2 Å². The molecule has 3 aromatic rings. The maximum Gasteiger partial charge on any atom is 0.247 e. The number of fused-ring (bicyclic) bond motifs is 2. The lowest BCUT2D eigenvalue weighted by atomic mass is 9.95. The molecule has 0 saturated carbocycles. The third-order valence-electron chi connectivity index (χ3n) is 6.03. The predicted molar refractivity (Wildman–Crippen MR) is 124 cm³/mol. The lowest BCUT2D eigenvalue weighted by molar-refractivity contribution is -0.0719. The van der Waals surface area contributed by atoms with Crippen molar-refractivity contribution in [2.75, 3.05) is 26.1 Å². The van der Waals surface area contributed by atoms with Crippen LogP contribution in [0.15, 0.2) is 29.3 Å². The van der Waals surface area contributed by atoms with E-state index < -0.39 is 11.9 Å². The highest BCUT2D eigenvalue weighted by atomic mass is 32.2. The highest BCUT2D eigenvalue weighted by Crippen LogP contribution is 2.31. The summed E-state index contributed by atoms with van der Waals surface area (Å²) in [5.74, 6) is 1.38. The van der Waals surface area contributed by atoms with Crippen molar-refractivity contribution in [3.8, 4) is 11.8 Å². The number of nitrogens with zero attached hydrogens (tertiary/aromatic N) is 4. The normalized spacial score (nSPS) is 21.0. The highest BCUT2D eigenvalue weighted by molar-refractivity contribution is 7.99. The van der Waals surface area contributed by atoms with Gasteiger partial charge in [0.2, 0.25) is 11.8 Å². The monoisotopic (exact) mass is 487 g/mol. The number of nitrogens with one attached hydrogen (secondary N) is 1. The van der Waals surface area contributed by atoms with Crippen molar-refractivity contribution in [2.45, 2.75) is 49.0 Å². The number of hydrogen-bond acceptors (Lipinski definition) is 10. The Hall–Kier alpha value is -2.60. The zero-order chi connectivity index (χ0) is 23.5. The smallest absolute Gasteiger partial charge is 0.247 e. The van der Waals surface area contributed by atoms with Crippen LogP contribution in [0.5, 0.6) is 11.8 Å². The van der Waals surface area contributed by atoms with Gasteiger partial charge in [0.05, 0.1) is 60.4 Å². The Kier molecular flexibility index (Phi) is 7.05. The van der Waals surface area contributed by atoms with Crippen LogP contribution in [0.4, 0.5) is 4.39 Å². The predicted octanol–water partition coefficient (Wildman–Crippen LogP) is 2.29. The minimum Gasteiger partial charge on any atom is -0.480 e. The van der Waals surface area contributed by atoms with Crippen LogP contribution in [-0.4, -0.2) is 69.6 Å². The number of ether oxygens (including phenoxy) is 3. The van der Waals surface area contributed by atoms with Crippen LogP contribution in [0.3, 0.4) is 0 Å². The van der Waals surface area contributed by atoms with Crippen LogP contribution in [0, 0.1) is 5.82 Å². The molecule has 1 unspecified atom stereocenters. The van der Waals surface area contributed by atoms with E-state index in [0.717, 1.165) is 22.8 Å². The van der Waals surface area contributed by atoms with Crippen LogP contribution in [0.1, 0.15) is 24.1 Å². The fourth-order valence-corrected chi connectivity index (χ4v) is 5.02. The summed E-state index contributed by atoms with van der Waals surface area (Å²) >= 11 is 1.72. The van der Waals surface area contributed by atoms with Crippen LogP contribution in [-0.2, 0) is 17.7 Å². The van der Waals surface area contributed by atoms with Crippen LogP contribution in [0.25, 0.3) is 11.0 Å². The Morgan fingerprint density at radius 3 is 3.06 bits per heavy atom. The standard InChI is InChI=1S/C23H26FN5O4S/c1-31-21-11-26-17-4-3-16(24)15(22(17)27-21)9-18(30)19-5-2-13(12-33-19)25-10-14-8-20-23(29-28-14)32-6-7-34-20/h3-4,8,11,13,18-19,25,30H,2,5-7,9-10,12H2,1H3/t13-,18?,19+/m1/s1. The molecule has 2 aliphatic rings. The highest BCUT2D eigenvalue weighted by Gasteiger charge is 2.29. The minimum absolute atomic E-state index is 0.0816. The second-order valence-corrected chi connectivity index (χ2v) is 9.44. The number of aliphatic hydroxyl groups excluding tert-OH is 1. The van der Waals surface area contributed by atoms with Gasteiger partial charge in [-0.15, -0.1) is 16.9 Å². The molecule has 3 atom stereocenters. The van der Waals surface area contributed by atoms with Crippen LogP contribution >= 0.6 is 11.8 Å². The fraction of sp³-hybridized carbons (Fsp3) is 0.478. The number of hydrogen-bond donors (Lipinski definition) is 2. The first-order valence-electron chi connectivity index (χ1n) is 11.2. The molecule has 0 spiro atoms. The molecule has 0 radical (unpaired) electrons. The molecule has 1 saturated heterocycles. The number of aliphatic hydroxyl groups is 1. The van der Waals surface area contributed by atoms with Gasteiger partial charge in [-0.25, -0.2) is 14.4 Å². The molecule has 0 bridgehead atoms. The van der Waals surface area contributed by atoms with Gasteiger partial charge >= 0.3 is 0 Å². The summed E-state index contributed by atoms with van der Waals surface area (Å²) < 4.78 is 31.2. The molecule has 2 aromatic heterocycles. The number of rotatable bonds is 7. The molecule has 1 aromatic carbocycles. The summed E-state index contributed by atoms with van der Waals surface area (Å²) in [5.41, 5.74) is 2.10. The number of methoxy groups -OCH3 is 1. The lowest BCUT2D eigenvalue weighted by Crippen LogP contribution is -2.44. The van der Waals surface area contributed by atoms with E-state index in [-0.39, 0.29) is 18.6 Å². The molecular formula is C23H26FN5O4S. The van der Waals surface area contributed by atoms with Gasteiger partial charge in [-0.2, -0.15) is 5.10 Å². The Labute approximate surface area is 200 Å². The molecule has 9 nitrogen and oxygen atoms in total. The summed E-state index contributed by atoms with van der Waals surface area (Å²) in [6, 6.07) is 5.06. The van der Waals surface area contributed by atoms with Gasteiger partial charge in [0.1, 0.15) is 5.82 Å². The van der Waals surface area contributed by atoms with Crippen molar-refractivity contribution in [3.63, 3.8) is 0 Å². The molecule has 1 fully saturated rings. The molecule has 34 heavy (non-hydrogen) atoms. The molecule has 180 valence electrons. The van der Waals surface area contributed by atoms with Gasteiger partial charge in [0.25, 0.3) is 0 Å². The van der Waals surface area contributed by atoms with E-state index in [1.807, 2.05) is 6.07 Å². The van der Waals surface area contributed by atoms with E-state index >= 15 is 0 Å². The van der Waals surface area contributed by atoms with E-state index in [2.05, 4.69) is 25.5 Å². The van der Waals surface area contributed by atoms with Crippen molar-refractivity contribution < 1.29 is 23.7 Å². The first kappa shape index (κ1) is 23.2. The summed E-state index contributed by atoms with van der Waals surface area (Å²) in [5, 5.41) is 22.6. The van der Waals surface area contributed by atoms with E-state index in [0.29, 0.717) is 54.5 Å². The number of benzene rings is 1. The van der Waals surface area contributed by atoms with Crippen LogP contribution in [0.2, 0.25) is 0 Å². The molecular weight excluding hydrogens is 461 g/mol. The minimum atomic E-state index is -0.863. The maximum atomic E-state index is 14.6. The molecule has 2 aliphatic heterocycles. The van der Waals surface area contributed by atoms with Gasteiger partial charge in [0.15, 0.2) is 0 Å². The quantitative estimate of drug-likeness (QED) is 0.515. The second-order valence-electron chi connectivity index (χ2n) is 8.31. The molecule has 5 rings (SSSR count). The van der Waals surface area contributed by atoms with E-state index in [1.54, 1.807) is 17.8 Å². The summed E-state index contributed by atoms with van der Waals surface area (Å²) in [6.45, 7) is 1.68. The van der Waals surface area contributed by atoms with Gasteiger partial charge in [-0.05, 0) is 31.0 Å². The zero-order valence-corrected chi connectivity index (χ0v) is 19.6. The van der Waals surface area contributed by atoms with Gasteiger partial charge in [-0.3, -0.25) is 0 Å². The molecule has 4 heterocycles. The number of aromatic nitrogens is 4. The van der Waals surface area contributed by atoms with Gasteiger partial charge in [-0.1, -0.05) is 0 Å². The average molecular weight is 488 g/mol.